The molecule has 7 heteroatoms. The Hall–Kier alpha value is -1.89. The average molecular weight is 322 g/mol. The van der Waals surface area contributed by atoms with Crippen LogP contribution in [0.2, 0.25) is 0 Å². The van der Waals surface area contributed by atoms with Gasteiger partial charge in [-0.15, -0.1) is 10.2 Å². The van der Waals surface area contributed by atoms with Crippen LogP contribution in [0.1, 0.15) is 27.2 Å². The molecule has 120 valence electrons. The molecule has 0 saturated carbocycles. The van der Waals surface area contributed by atoms with E-state index in [4.69, 9.17) is 0 Å². The third-order valence-electron chi connectivity index (χ3n) is 3.43. The number of hydrogen-bond acceptors (Lipinski definition) is 4. The molecule has 2 rings (SSSR count). The molecule has 0 radical (unpaired) electrons. The highest BCUT2D eigenvalue weighted by Crippen LogP contribution is 2.22. The van der Waals surface area contributed by atoms with Gasteiger partial charge in [0.05, 0.1) is 5.25 Å². The summed E-state index contributed by atoms with van der Waals surface area (Å²) in [7, 11) is -1.55. The fraction of sp³-hybridized carbons (Fsp3) is 0.467. The van der Waals surface area contributed by atoms with Crippen LogP contribution in [0.4, 0.5) is 5.69 Å². The highest BCUT2D eigenvalue weighted by atomic mass is 32.2. The predicted octanol–water partition coefficient (Wildman–Crippen LogP) is 2.66. The molecule has 1 unspecified atom stereocenters. The molecule has 0 saturated heterocycles. The summed E-state index contributed by atoms with van der Waals surface area (Å²) in [6.45, 7) is 5.76. The molecular formula is C15H22N4O2S. The third kappa shape index (κ3) is 3.85. The molecule has 0 aliphatic carbocycles. The second-order valence-electron chi connectivity index (χ2n) is 5.93. The number of anilines is 1. The summed E-state index contributed by atoms with van der Waals surface area (Å²) in [5, 5.41) is 7.43. The first-order valence-corrected chi connectivity index (χ1v) is 8.80. The predicted molar refractivity (Wildman–Crippen MR) is 87.9 cm³/mol. The Morgan fingerprint density at radius 1 is 1.27 bits per heavy atom. The van der Waals surface area contributed by atoms with Crippen LogP contribution in [0.15, 0.2) is 30.6 Å². The van der Waals surface area contributed by atoms with E-state index in [0.29, 0.717) is 23.9 Å². The van der Waals surface area contributed by atoms with Gasteiger partial charge in [0.15, 0.2) is 5.82 Å². The van der Waals surface area contributed by atoms with E-state index in [0.717, 1.165) is 5.56 Å². The lowest BCUT2D eigenvalue weighted by Gasteiger charge is -2.16. The maximum absolute atomic E-state index is 12.4. The van der Waals surface area contributed by atoms with Crippen LogP contribution in [0, 0.1) is 5.92 Å². The molecule has 6 nitrogen and oxygen atoms in total. The molecule has 1 N–H and O–H groups in total. The van der Waals surface area contributed by atoms with Crippen molar-refractivity contribution in [1.82, 2.24) is 14.8 Å². The first-order chi connectivity index (χ1) is 10.3. The second kappa shape index (κ2) is 6.48. The van der Waals surface area contributed by atoms with Crippen molar-refractivity contribution in [3.63, 3.8) is 0 Å². The minimum absolute atomic E-state index is 0.330. The number of benzene rings is 1. The summed E-state index contributed by atoms with van der Waals surface area (Å²) in [6, 6.07) is 7.18. The zero-order valence-electron chi connectivity index (χ0n) is 13.3. The van der Waals surface area contributed by atoms with E-state index >= 15 is 0 Å². The van der Waals surface area contributed by atoms with Gasteiger partial charge in [-0.1, -0.05) is 26.0 Å². The van der Waals surface area contributed by atoms with Crippen LogP contribution in [-0.4, -0.2) is 28.4 Å². The van der Waals surface area contributed by atoms with Crippen LogP contribution >= 0.6 is 0 Å². The van der Waals surface area contributed by atoms with Gasteiger partial charge in [0.2, 0.25) is 10.0 Å². The molecule has 1 heterocycles. The van der Waals surface area contributed by atoms with Crippen LogP contribution < -0.4 is 4.72 Å². The molecule has 0 fully saturated rings. The van der Waals surface area contributed by atoms with Gasteiger partial charge in [0, 0.05) is 18.3 Å². The zero-order valence-corrected chi connectivity index (χ0v) is 14.1. The van der Waals surface area contributed by atoms with Gasteiger partial charge < -0.3 is 4.57 Å². The fourth-order valence-corrected chi connectivity index (χ4v) is 3.62. The summed E-state index contributed by atoms with van der Waals surface area (Å²) < 4.78 is 29.2. The molecule has 0 aliphatic heterocycles. The van der Waals surface area contributed by atoms with E-state index in [1.165, 1.54) is 0 Å². The number of rotatable bonds is 6. The number of nitrogens with zero attached hydrogens (tertiary/aromatic N) is 3. The van der Waals surface area contributed by atoms with E-state index in [9.17, 15) is 8.42 Å². The summed E-state index contributed by atoms with van der Waals surface area (Å²) in [5.74, 6) is 1.02. The minimum Gasteiger partial charge on any atom is -0.317 e. The van der Waals surface area contributed by atoms with Gasteiger partial charge in [-0.05, 0) is 31.4 Å². The van der Waals surface area contributed by atoms with Gasteiger partial charge in [0.25, 0.3) is 0 Å². The first-order valence-electron chi connectivity index (χ1n) is 7.25. The number of nitrogens with one attached hydrogen (secondary N) is 1. The molecule has 22 heavy (non-hydrogen) atoms. The molecule has 2 aromatic rings. The molecule has 0 aliphatic rings. The van der Waals surface area contributed by atoms with Gasteiger partial charge in [-0.2, -0.15) is 0 Å². The first kappa shape index (κ1) is 16.5. The van der Waals surface area contributed by atoms with E-state index in [1.807, 2.05) is 27.0 Å². The fourth-order valence-electron chi connectivity index (χ4n) is 2.32. The molecule has 1 aromatic carbocycles. The topological polar surface area (TPSA) is 76.9 Å². The maximum Gasteiger partial charge on any atom is 0.235 e. The van der Waals surface area contributed by atoms with Crippen molar-refractivity contribution in [2.24, 2.45) is 13.0 Å². The Balaban J connectivity index is 2.22. The highest BCUT2D eigenvalue weighted by molar-refractivity contribution is 7.93. The van der Waals surface area contributed by atoms with Crippen molar-refractivity contribution >= 4 is 15.7 Å². The standard InChI is InChI=1S/C15H22N4O2S/c1-11(2)8-12(3)22(20,21)18-14-7-5-6-13(9-14)15-17-16-10-19(15)4/h5-7,9-12,18H,8H2,1-4H3. The van der Waals surface area contributed by atoms with Crippen molar-refractivity contribution in [3.05, 3.63) is 30.6 Å². The Morgan fingerprint density at radius 2 is 2.00 bits per heavy atom. The van der Waals surface area contributed by atoms with Crippen LogP contribution in [0.5, 0.6) is 0 Å². The minimum atomic E-state index is -3.40. The molecule has 1 aromatic heterocycles. The lowest BCUT2D eigenvalue weighted by Crippen LogP contribution is -2.26. The van der Waals surface area contributed by atoms with E-state index in [1.54, 1.807) is 36.0 Å². The molecule has 0 amide bonds. The van der Waals surface area contributed by atoms with Gasteiger partial charge in [0.1, 0.15) is 6.33 Å². The Bertz CT molecular complexity index is 738. The van der Waals surface area contributed by atoms with Crippen molar-refractivity contribution in [2.75, 3.05) is 4.72 Å². The number of hydrogen-bond donors (Lipinski definition) is 1. The smallest absolute Gasteiger partial charge is 0.235 e. The van der Waals surface area contributed by atoms with Crippen molar-refractivity contribution in [3.8, 4) is 11.4 Å². The lowest BCUT2D eigenvalue weighted by atomic mass is 10.1. The average Bonchev–Trinajstić information content (AvgIpc) is 2.84. The largest absolute Gasteiger partial charge is 0.317 e. The maximum atomic E-state index is 12.4. The van der Waals surface area contributed by atoms with Crippen LogP contribution in [-0.2, 0) is 17.1 Å². The SMILES string of the molecule is CC(C)CC(C)S(=O)(=O)Nc1cccc(-c2nncn2C)c1. The molecular weight excluding hydrogens is 300 g/mol. The quantitative estimate of drug-likeness (QED) is 0.887. The normalized spacial score (nSPS) is 13.3. The highest BCUT2D eigenvalue weighted by Gasteiger charge is 2.21. The summed E-state index contributed by atoms with van der Waals surface area (Å²) in [4.78, 5) is 0. The number of aryl methyl sites for hydroxylation is 1. The third-order valence-corrected chi connectivity index (χ3v) is 5.20. The monoisotopic (exact) mass is 322 g/mol. The van der Waals surface area contributed by atoms with Crippen molar-refractivity contribution in [1.29, 1.82) is 0 Å². The molecule has 0 bridgehead atoms. The van der Waals surface area contributed by atoms with E-state index in [-0.39, 0.29) is 0 Å². The van der Waals surface area contributed by atoms with Crippen LogP contribution in [0.25, 0.3) is 11.4 Å². The van der Waals surface area contributed by atoms with Gasteiger partial charge >= 0.3 is 0 Å². The molecule has 1 atom stereocenters. The zero-order chi connectivity index (χ0) is 16.3. The Labute approximate surface area is 131 Å². The second-order valence-corrected chi connectivity index (χ2v) is 8.03. The van der Waals surface area contributed by atoms with Gasteiger partial charge in [-0.25, -0.2) is 8.42 Å². The van der Waals surface area contributed by atoms with Crippen LogP contribution in [0.3, 0.4) is 0 Å². The molecule has 0 spiro atoms. The summed E-state index contributed by atoms with van der Waals surface area (Å²) in [5.41, 5.74) is 1.35. The van der Waals surface area contributed by atoms with E-state index < -0.39 is 15.3 Å². The lowest BCUT2D eigenvalue weighted by molar-refractivity contribution is 0.540. The van der Waals surface area contributed by atoms with Crippen molar-refractivity contribution < 1.29 is 8.42 Å². The Kier molecular flexibility index (Phi) is 4.85. The van der Waals surface area contributed by atoms with Crippen molar-refractivity contribution in [2.45, 2.75) is 32.4 Å². The number of aromatic nitrogens is 3. The summed E-state index contributed by atoms with van der Waals surface area (Å²) in [6.07, 6.45) is 2.23. The van der Waals surface area contributed by atoms with E-state index in [2.05, 4.69) is 14.9 Å². The summed E-state index contributed by atoms with van der Waals surface area (Å²) >= 11 is 0. The number of sulfonamides is 1. The Morgan fingerprint density at radius 3 is 2.59 bits per heavy atom. The van der Waals surface area contributed by atoms with Gasteiger partial charge in [-0.3, -0.25) is 4.72 Å².